The highest BCUT2D eigenvalue weighted by Crippen LogP contribution is 2.64. The van der Waals surface area contributed by atoms with Gasteiger partial charge in [-0.15, -0.1) is 0 Å². The lowest BCUT2D eigenvalue weighted by Crippen LogP contribution is -2.46. The molecule has 0 aromatic rings. The van der Waals surface area contributed by atoms with Crippen LogP contribution in [0, 0.1) is 35.0 Å². The van der Waals surface area contributed by atoms with Gasteiger partial charge in [0, 0.05) is 18.8 Å². The minimum Gasteiger partial charge on any atom is -0.422 e. The van der Waals surface area contributed by atoms with Crippen molar-refractivity contribution in [2.45, 2.75) is 64.6 Å². The average molecular weight is 444 g/mol. The number of ether oxygens (including phenoxy) is 2. The van der Waals surface area contributed by atoms with Crippen LogP contribution < -0.4 is 0 Å². The third-order valence-corrected chi connectivity index (χ3v) is 6.81. The molecule has 2 aliphatic carbocycles. The second-order valence-electron chi connectivity index (χ2n) is 9.02. The second-order valence-corrected chi connectivity index (χ2v) is 9.02. The molecule has 170 valence electrons. The van der Waals surface area contributed by atoms with Crippen molar-refractivity contribution in [1.29, 1.82) is 0 Å². The van der Waals surface area contributed by atoms with Crippen LogP contribution in [0.2, 0.25) is 0 Å². The number of carbonyl (C=O) groups excluding carboxylic acids is 3. The molecule has 30 heavy (non-hydrogen) atoms. The fourth-order valence-electron chi connectivity index (χ4n) is 4.80. The minimum absolute atomic E-state index is 0.107. The number of ketones is 1. The van der Waals surface area contributed by atoms with Gasteiger partial charge in [0.05, 0.1) is 17.3 Å². The Bertz CT molecular complexity index is 743. The molecular weight excluding hydrogens is 422 g/mol. The molecule has 0 aromatic heterocycles. The summed E-state index contributed by atoms with van der Waals surface area (Å²) in [5.41, 5.74) is -0.872. The van der Waals surface area contributed by atoms with E-state index < -0.39 is 77.3 Å². The number of halogens is 6. The summed E-state index contributed by atoms with van der Waals surface area (Å²) in [7, 11) is 0. The zero-order valence-corrected chi connectivity index (χ0v) is 16.5. The van der Waals surface area contributed by atoms with Crippen molar-refractivity contribution in [3.63, 3.8) is 0 Å². The van der Waals surface area contributed by atoms with Crippen LogP contribution in [0.25, 0.3) is 0 Å². The molecule has 1 saturated heterocycles. The van der Waals surface area contributed by atoms with Gasteiger partial charge in [-0.25, -0.2) is 0 Å². The van der Waals surface area contributed by atoms with Crippen LogP contribution >= 0.6 is 0 Å². The van der Waals surface area contributed by atoms with E-state index in [0.717, 1.165) is 0 Å². The maximum Gasteiger partial charge on any atom is 0.400 e. The lowest BCUT2D eigenvalue weighted by atomic mass is 9.74. The van der Waals surface area contributed by atoms with Crippen LogP contribution in [-0.4, -0.2) is 35.9 Å². The van der Waals surface area contributed by atoms with Crippen molar-refractivity contribution in [3.05, 3.63) is 0 Å². The summed E-state index contributed by atoms with van der Waals surface area (Å²) in [6.07, 6.45) is -12.6. The van der Waals surface area contributed by atoms with E-state index in [4.69, 9.17) is 9.47 Å². The molecule has 3 rings (SSSR count). The molecule has 2 bridgehead atoms. The van der Waals surface area contributed by atoms with Crippen molar-refractivity contribution in [2.24, 2.45) is 35.0 Å². The lowest BCUT2D eigenvalue weighted by molar-refractivity contribution is -0.284. The molecule has 0 aromatic carbocycles. The zero-order chi connectivity index (χ0) is 22.9. The summed E-state index contributed by atoms with van der Waals surface area (Å²) in [5.74, 6) is -12.1. The molecule has 5 unspecified atom stereocenters. The highest BCUT2D eigenvalue weighted by molar-refractivity contribution is 5.90. The first-order valence-corrected chi connectivity index (χ1v) is 9.66. The quantitative estimate of drug-likeness (QED) is 0.454. The number of rotatable bonds is 6. The van der Waals surface area contributed by atoms with Gasteiger partial charge in [0.1, 0.15) is 5.78 Å². The van der Waals surface area contributed by atoms with Gasteiger partial charge < -0.3 is 9.47 Å². The number of hydrogen-bond acceptors (Lipinski definition) is 5. The molecule has 2 saturated carbocycles. The summed E-state index contributed by atoms with van der Waals surface area (Å²) >= 11 is 0. The Morgan fingerprint density at radius 1 is 1.17 bits per heavy atom. The van der Waals surface area contributed by atoms with Crippen LogP contribution in [0.4, 0.5) is 26.3 Å². The molecule has 0 N–H and O–H groups in total. The number of alkyl halides is 6. The molecule has 0 spiro atoms. The van der Waals surface area contributed by atoms with E-state index in [0.29, 0.717) is 6.42 Å². The van der Waals surface area contributed by atoms with Gasteiger partial charge in [-0.1, -0.05) is 6.92 Å². The molecule has 0 amide bonds. The zero-order valence-electron chi connectivity index (χ0n) is 16.5. The fraction of sp³-hybridized carbons (Fsp3) is 0.842. The third kappa shape index (κ3) is 3.57. The first-order chi connectivity index (χ1) is 13.5. The van der Waals surface area contributed by atoms with Gasteiger partial charge in [-0.2, -0.15) is 26.3 Å². The van der Waals surface area contributed by atoms with E-state index in [1.807, 2.05) is 0 Å². The van der Waals surface area contributed by atoms with E-state index in [1.54, 1.807) is 20.8 Å². The van der Waals surface area contributed by atoms with Gasteiger partial charge in [-0.05, 0) is 32.6 Å². The molecule has 11 heteroatoms. The topological polar surface area (TPSA) is 69.7 Å². The monoisotopic (exact) mass is 444 g/mol. The molecule has 0 radical (unpaired) electrons. The van der Waals surface area contributed by atoms with Crippen molar-refractivity contribution in [2.75, 3.05) is 0 Å². The van der Waals surface area contributed by atoms with E-state index in [9.17, 15) is 40.7 Å². The second kappa shape index (κ2) is 6.85. The van der Waals surface area contributed by atoms with Gasteiger partial charge >= 0.3 is 24.3 Å². The number of esters is 2. The Morgan fingerprint density at radius 2 is 1.73 bits per heavy atom. The van der Waals surface area contributed by atoms with E-state index in [1.165, 1.54) is 0 Å². The van der Waals surface area contributed by atoms with Crippen LogP contribution in [0.3, 0.4) is 0 Å². The van der Waals surface area contributed by atoms with Gasteiger partial charge in [0.25, 0.3) is 5.79 Å². The summed E-state index contributed by atoms with van der Waals surface area (Å²) in [4.78, 5) is 37.3. The Balaban J connectivity index is 1.80. The van der Waals surface area contributed by atoms with Crippen molar-refractivity contribution < 1.29 is 50.2 Å². The number of hydrogen-bond donors (Lipinski definition) is 0. The maximum atomic E-state index is 12.8. The van der Waals surface area contributed by atoms with Crippen LogP contribution in [0.5, 0.6) is 0 Å². The molecular formula is C19H22F6O5. The maximum absolute atomic E-state index is 12.8. The number of fused-ring (bicyclic) bond motifs is 1. The highest BCUT2D eigenvalue weighted by atomic mass is 19.4. The minimum atomic E-state index is -5.63. The van der Waals surface area contributed by atoms with Crippen LogP contribution in [0.15, 0.2) is 0 Å². The lowest BCUT2D eigenvalue weighted by Gasteiger charge is -2.35. The first kappa shape index (κ1) is 22.9. The average Bonchev–Trinajstić information content (AvgIpc) is 3.16. The molecule has 1 heterocycles. The molecule has 3 aliphatic rings. The summed E-state index contributed by atoms with van der Waals surface area (Å²) in [6, 6.07) is 0. The normalized spacial score (nSPS) is 33.2. The van der Waals surface area contributed by atoms with Gasteiger partial charge in [0.15, 0.2) is 5.92 Å². The van der Waals surface area contributed by atoms with E-state index >= 15 is 0 Å². The van der Waals surface area contributed by atoms with Crippen LogP contribution in [0.1, 0.15) is 46.5 Å². The van der Waals surface area contributed by atoms with E-state index in [2.05, 4.69) is 0 Å². The smallest absolute Gasteiger partial charge is 0.400 e. The molecule has 1 aliphatic heterocycles. The summed E-state index contributed by atoms with van der Waals surface area (Å²) in [5, 5.41) is 0. The standard InChI is InChI=1S/C19H22F6O5/c1-4-16(2,3)15(28)30-17-7-8-5-9(17)13(14(27)29-17)12(8)10(26)6-11(18(20,21)22)19(23,24)25/h8-9,11-13H,4-7H2,1-3H3. The fourth-order valence-corrected chi connectivity index (χ4v) is 4.80. The Labute approximate surface area is 168 Å². The predicted molar refractivity (Wildman–Crippen MR) is 87.4 cm³/mol. The Hall–Kier alpha value is -1.81. The number of carbonyl (C=O) groups is 3. The van der Waals surface area contributed by atoms with Crippen molar-refractivity contribution in [3.8, 4) is 0 Å². The summed E-state index contributed by atoms with van der Waals surface area (Å²) < 4.78 is 87.9. The van der Waals surface area contributed by atoms with Crippen molar-refractivity contribution >= 4 is 17.7 Å². The Kier molecular flexibility index (Phi) is 5.22. The van der Waals surface area contributed by atoms with Gasteiger partial charge in [-0.3, -0.25) is 14.4 Å². The first-order valence-electron chi connectivity index (χ1n) is 9.66. The van der Waals surface area contributed by atoms with Crippen molar-refractivity contribution in [1.82, 2.24) is 0 Å². The Morgan fingerprint density at radius 3 is 2.23 bits per heavy atom. The van der Waals surface area contributed by atoms with Gasteiger partial charge in [0.2, 0.25) is 0 Å². The van der Waals surface area contributed by atoms with E-state index in [-0.39, 0.29) is 12.8 Å². The third-order valence-electron chi connectivity index (χ3n) is 6.81. The predicted octanol–water partition coefficient (Wildman–Crippen LogP) is 4.19. The molecule has 5 nitrogen and oxygen atoms in total. The SMILES string of the molecule is CCC(C)(C)C(=O)OC12CC3CC1C(C(=O)O2)C3C(=O)CC(C(F)(F)F)C(F)(F)F. The largest absolute Gasteiger partial charge is 0.422 e. The molecule has 5 atom stereocenters. The number of Topliss-reactive ketones (excluding diaryl/α,β-unsaturated/α-hetero) is 1. The highest BCUT2D eigenvalue weighted by Gasteiger charge is 2.73. The molecule has 3 fully saturated rings. The summed E-state index contributed by atoms with van der Waals surface area (Å²) in [6.45, 7) is 5.03. The van der Waals surface area contributed by atoms with Crippen LogP contribution in [-0.2, 0) is 23.9 Å².